The zero-order chi connectivity index (χ0) is 16.4. The fraction of sp³-hybridized carbons (Fsp3) is 0.800. The van der Waals surface area contributed by atoms with Crippen molar-refractivity contribution >= 4 is 11.7 Å². The van der Waals surface area contributed by atoms with E-state index in [4.69, 9.17) is 0 Å². The van der Waals surface area contributed by atoms with Gasteiger partial charge in [-0.3, -0.25) is 9.59 Å². The van der Waals surface area contributed by atoms with Crippen molar-refractivity contribution in [2.75, 3.05) is 0 Å². The average Bonchev–Trinajstić information content (AvgIpc) is 2.85. The summed E-state index contributed by atoms with van der Waals surface area (Å²) in [5, 5.41) is 3.21. The molecule has 23 heavy (non-hydrogen) atoms. The summed E-state index contributed by atoms with van der Waals surface area (Å²) in [4.78, 5) is 23.9. The van der Waals surface area contributed by atoms with E-state index >= 15 is 0 Å². The second-order valence-electron chi connectivity index (χ2n) is 9.00. The molecule has 1 heterocycles. The van der Waals surface area contributed by atoms with Crippen LogP contribution in [0, 0.1) is 34.5 Å². The zero-order valence-corrected chi connectivity index (χ0v) is 14.6. The number of carbonyl (C=O) groups excluding carboxylic acids is 2. The molecule has 1 aliphatic heterocycles. The molecule has 4 aliphatic rings. The minimum atomic E-state index is 0.0732. The van der Waals surface area contributed by atoms with Gasteiger partial charge in [0.2, 0.25) is 5.91 Å². The third kappa shape index (κ3) is 2.01. The highest BCUT2D eigenvalue weighted by Crippen LogP contribution is 2.65. The van der Waals surface area contributed by atoms with Gasteiger partial charge in [-0.15, -0.1) is 0 Å². The van der Waals surface area contributed by atoms with Crippen LogP contribution < -0.4 is 5.32 Å². The normalized spacial score (nSPS) is 51.4. The van der Waals surface area contributed by atoms with Gasteiger partial charge in [0.25, 0.3) is 0 Å². The highest BCUT2D eigenvalue weighted by Gasteiger charge is 2.60. The van der Waals surface area contributed by atoms with E-state index in [0.29, 0.717) is 23.7 Å². The van der Waals surface area contributed by atoms with Crippen molar-refractivity contribution in [3.8, 4) is 0 Å². The topological polar surface area (TPSA) is 46.2 Å². The first kappa shape index (κ1) is 15.4. The second kappa shape index (κ2) is 4.94. The summed E-state index contributed by atoms with van der Waals surface area (Å²) in [5.74, 6) is 2.82. The van der Waals surface area contributed by atoms with Crippen LogP contribution in [-0.4, -0.2) is 17.7 Å². The lowest BCUT2D eigenvalue weighted by atomic mass is 9.48. The molecule has 0 unspecified atom stereocenters. The maximum atomic E-state index is 12.1. The van der Waals surface area contributed by atoms with Crippen molar-refractivity contribution in [1.82, 2.24) is 5.32 Å². The van der Waals surface area contributed by atoms with Gasteiger partial charge in [0.15, 0.2) is 0 Å². The maximum Gasteiger partial charge on any atom is 0.243 e. The van der Waals surface area contributed by atoms with Gasteiger partial charge in [-0.2, -0.15) is 0 Å². The summed E-state index contributed by atoms with van der Waals surface area (Å²) < 4.78 is 0. The molecule has 3 saturated carbocycles. The van der Waals surface area contributed by atoms with Crippen LogP contribution in [0.4, 0.5) is 0 Å². The van der Waals surface area contributed by atoms with Gasteiger partial charge in [0, 0.05) is 17.4 Å². The lowest BCUT2D eigenvalue weighted by molar-refractivity contribution is -0.130. The molecule has 0 aromatic carbocycles. The Morgan fingerprint density at radius 1 is 1.13 bits per heavy atom. The van der Waals surface area contributed by atoms with Crippen molar-refractivity contribution in [3.05, 3.63) is 12.2 Å². The summed E-state index contributed by atoms with van der Waals surface area (Å²) >= 11 is 0. The number of amides is 1. The minimum absolute atomic E-state index is 0.0732. The van der Waals surface area contributed by atoms with Crippen molar-refractivity contribution in [1.29, 1.82) is 0 Å². The number of hydrogen-bond acceptors (Lipinski definition) is 2. The Kier molecular flexibility index (Phi) is 3.31. The second-order valence-corrected chi connectivity index (χ2v) is 9.00. The number of hydrogen-bond donors (Lipinski definition) is 1. The smallest absolute Gasteiger partial charge is 0.243 e. The summed E-state index contributed by atoms with van der Waals surface area (Å²) in [7, 11) is 0. The van der Waals surface area contributed by atoms with Gasteiger partial charge < -0.3 is 5.32 Å². The fourth-order valence-corrected chi connectivity index (χ4v) is 7.00. The highest BCUT2D eigenvalue weighted by atomic mass is 16.1. The largest absolute Gasteiger partial charge is 0.349 e. The number of Topliss-reactive ketones (excluding diaryl/α,β-unsaturated/α-hetero) is 1. The predicted molar refractivity (Wildman–Crippen MR) is 89.6 cm³/mol. The van der Waals surface area contributed by atoms with Crippen LogP contribution in [0.25, 0.3) is 0 Å². The molecule has 7 atom stereocenters. The molecule has 126 valence electrons. The Labute approximate surface area is 139 Å². The molecule has 0 bridgehead atoms. The monoisotopic (exact) mass is 315 g/mol. The van der Waals surface area contributed by atoms with Gasteiger partial charge in [-0.25, -0.2) is 0 Å². The summed E-state index contributed by atoms with van der Waals surface area (Å²) in [6.45, 7) is 6.53. The Morgan fingerprint density at radius 3 is 2.65 bits per heavy atom. The van der Waals surface area contributed by atoms with E-state index in [1.165, 1.54) is 25.7 Å². The molecule has 3 aliphatic carbocycles. The number of carbonyl (C=O) groups is 2. The molecule has 0 aromatic heterocycles. The third-order valence-corrected chi connectivity index (χ3v) is 8.18. The van der Waals surface area contributed by atoms with Crippen LogP contribution in [0.15, 0.2) is 12.2 Å². The van der Waals surface area contributed by atoms with Crippen molar-refractivity contribution < 1.29 is 9.59 Å². The molecular formula is C20H29NO2. The molecule has 3 nitrogen and oxygen atoms in total. The summed E-state index contributed by atoms with van der Waals surface area (Å²) in [6, 6.07) is 0.301. The highest BCUT2D eigenvalue weighted by molar-refractivity contribution is 5.89. The van der Waals surface area contributed by atoms with Gasteiger partial charge in [0.1, 0.15) is 5.78 Å². The van der Waals surface area contributed by atoms with Crippen molar-refractivity contribution in [2.24, 2.45) is 34.5 Å². The summed E-state index contributed by atoms with van der Waals surface area (Å²) in [6.07, 6.45) is 10.9. The van der Waals surface area contributed by atoms with E-state index < -0.39 is 0 Å². The quantitative estimate of drug-likeness (QED) is 0.805. The average molecular weight is 315 g/mol. The molecule has 4 rings (SSSR count). The van der Waals surface area contributed by atoms with Crippen LogP contribution >= 0.6 is 0 Å². The molecular weight excluding hydrogens is 286 g/mol. The van der Waals surface area contributed by atoms with Gasteiger partial charge in [0.05, 0.1) is 0 Å². The van der Waals surface area contributed by atoms with E-state index in [0.717, 1.165) is 18.8 Å². The first-order valence-corrected chi connectivity index (χ1v) is 9.36. The van der Waals surface area contributed by atoms with Gasteiger partial charge in [-0.05, 0) is 74.7 Å². The standard InChI is InChI=1S/C20H29NO2/c1-12(22)14-5-6-15-13-4-7-17-20(3,11-9-18(23)21-17)16(13)8-10-19(14,15)2/h9,11,13-17H,4-8,10H2,1-3H3,(H,21,23)/t13-,14+,15-,16-,17+,19+,20+/m0/s1. The first-order chi connectivity index (χ1) is 10.9. The minimum Gasteiger partial charge on any atom is -0.349 e. The third-order valence-electron chi connectivity index (χ3n) is 8.18. The van der Waals surface area contributed by atoms with Crippen LogP contribution in [0.3, 0.4) is 0 Å². The van der Waals surface area contributed by atoms with Crippen molar-refractivity contribution in [3.63, 3.8) is 0 Å². The van der Waals surface area contributed by atoms with Crippen LogP contribution in [0.1, 0.15) is 59.3 Å². The Morgan fingerprint density at radius 2 is 1.91 bits per heavy atom. The first-order valence-electron chi connectivity index (χ1n) is 9.36. The molecule has 1 amide bonds. The SMILES string of the molecule is CC(=O)[C@H]1CC[C@H]2[C@@H]3CC[C@H]4NC(=O)C=C[C@]4(C)[C@H]3CC[C@]12C. The number of rotatable bonds is 1. The predicted octanol–water partition coefficient (Wildman–Crippen LogP) is 3.49. The maximum absolute atomic E-state index is 12.1. The van der Waals surface area contributed by atoms with E-state index in [-0.39, 0.29) is 22.7 Å². The molecule has 1 N–H and O–H groups in total. The number of fused-ring (bicyclic) bond motifs is 5. The molecule has 3 fully saturated rings. The van der Waals surface area contributed by atoms with Crippen molar-refractivity contribution in [2.45, 2.75) is 65.3 Å². The van der Waals surface area contributed by atoms with Gasteiger partial charge in [-0.1, -0.05) is 19.9 Å². The number of nitrogens with one attached hydrogen (secondary N) is 1. The fourth-order valence-electron chi connectivity index (χ4n) is 7.00. The van der Waals surface area contributed by atoms with E-state index in [1.54, 1.807) is 13.0 Å². The Balaban J connectivity index is 1.66. The Bertz CT molecular complexity index is 582. The lowest BCUT2D eigenvalue weighted by Gasteiger charge is -2.58. The van der Waals surface area contributed by atoms with E-state index in [2.05, 4.69) is 25.2 Å². The zero-order valence-electron chi connectivity index (χ0n) is 14.6. The van der Waals surface area contributed by atoms with E-state index in [1.807, 2.05) is 0 Å². The van der Waals surface area contributed by atoms with Crippen LogP contribution in [0.2, 0.25) is 0 Å². The summed E-state index contributed by atoms with van der Waals surface area (Å²) in [5.41, 5.74) is 0.324. The lowest BCUT2D eigenvalue weighted by Crippen LogP contribution is -2.59. The number of ketones is 1. The van der Waals surface area contributed by atoms with E-state index in [9.17, 15) is 9.59 Å². The van der Waals surface area contributed by atoms with Gasteiger partial charge >= 0.3 is 0 Å². The molecule has 0 spiro atoms. The molecule has 0 saturated heterocycles. The van der Waals surface area contributed by atoms with Crippen LogP contribution in [-0.2, 0) is 9.59 Å². The van der Waals surface area contributed by atoms with Crippen LogP contribution in [0.5, 0.6) is 0 Å². The molecule has 0 aromatic rings. The Hall–Kier alpha value is -1.12. The molecule has 3 heteroatoms. The molecule has 0 radical (unpaired) electrons.